The second kappa shape index (κ2) is 10.4. The average Bonchev–Trinajstić information content (AvgIpc) is 3.46. The molecule has 0 radical (unpaired) electrons. The number of hydrogen-bond donors (Lipinski definition) is 3. The first-order valence-electron chi connectivity index (χ1n) is 10.6. The third kappa shape index (κ3) is 6.30. The Hall–Kier alpha value is -3.90. The van der Waals surface area contributed by atoms with E-state index < -0.39 is 6.03 Å². The molecule has 0 bridgehead atoms. The highest BCUT2D eigenvalue weighted by atomic mass is 16.5. The van der Waals surface area contributed by atoms with Gasteiger partial charge in [-0.05, 0) is 57.1 Å². The minimum Gasteiger partial charge on any atom is -0.360 e. The molecule has 1 fully saturated rings. The van der Waals surface area contributed by atoms with Crippen molar-refractivity contribution in [1.29, 1.82) is 0 Å². The number of benzene rings is 1. The maximum atomic E-state index is 12.0. The molecule has 1 aliphatic heterocycles. The van der Waals surface area contributed by atoms with E-state index in [1.165, 1.54) is 25.9 Å². The first-order valence-corrected chi connectivity index (χ1v) is 10.6. The fourth-order valence-electron chi connectivity index (χ4n) is 3.30. The van der Waals surface area contributed by atoms with Gasteiger partial charge in [0, 0.05) is 42.8 Å². The maximum absolute atomic E-state index is 12.0. The highest BCUT2D eigenvalue weighted by Crippen LogP contribution is 2.11. The quantitative estimate of drug-likeness (QED) is 0.514. The number of urea groups is 1. The number of aryl methyl sites for hydroxylation is 1. The van der Waals surface area contributed by atoms with Crippen molar-refractivity contribution < 1.29 is 9.32 Å². The molecule has 164 valence electrons. The number of nitrogens with one attached hydrogen (secondary N) is 3. The van der Waals surface area contributed by atoms with E-state index >= 15 is 0 Å². The summed E-state index contributed by atoms with van der Waals surface area (Å²) in [6, 6.07) is 8.46. The second-order valence-corrected chi connectivity index (χ2v) is 7.50. The number of aromatic nitrogens is 3. The van der Waals surface area contributed by atoms with Crippen LogP contribution in [0.25, 0.3) is 0 Å². The Morgan fingerprint density at radius 3 is 2.47 bits per heavy atom. The van der Waals surface area contributed by atoms with E-state index in [0.717, 1.165) is 24.2 Å². The standard InChI is InChI=1S/C23H25N7O2/c1-17-14-21(29-32-17)28-23(31)27-20-8-6-18(7-9-20)4-5-19-15-25-22(26-16-19)24-10-13-30-11-2-3-12-30/h6-9,14-16H,2-3,10-13H2,1H3,(H,24,25,26)(H2,27,28,29,31). The van der Waals surface area contributed by atoms with Crippen LogP contribution in [0.2, 0.25) is 0 Å². The van der Waals surface area contributed by atoms with E-state index in [1.807, 2.05) is 12.1 Å². The maximum Gasteiger partial charge on any atom is 0.324 e. The van der Waals surface area contributed by atoms with Crippen LogP contribution in [-0.2, 0) is 0 Å². The van der Waals surface area contributed by atoms with Gasteiger partial charge in [0.25, 0.3) is 0 Å². The van der Waals surface area contributed by atoms with Gasteiger partial charge in [-0.25, -0.2) is 14.8 Å². The SMILES string of the molecule is Cc1cc(NC(=O)Nc2ccc(C#Cc3cnc(NCCN4CCCC4)nc3)cc2)no1. The lowest BCUT2D eigenvalue weighted by Gasteiger charge is -2.14. The van der Waals surface area contributed by atoms with E-state index in [1.54, 1.807) is 37.5 Å². The van der Waals surface area contributed by atoms with Gasteiger partial charge >= 0.3 is 6.03 Å². The molecule has 0 unspecified atom stereocenters. The predicted molar refractivity (Wildman–Crippen MR) is 122 cm³/mol. The van der Waals surface area contributed by atoms with Crippen LogP contribution in [0, 0.1) is 18.8 Å². The number of carbonyl (C=O) groups excluding carboxylic acids is 1. The van der Waals surface area contributed by atoms with Gasteiger partial charge in [0.05, 0.1) is 5.56 Å². The van der Waals surface area contributed by atoms with Crippen LogP contribution in [0.1, 0.15) is 29.7 Å². The molecule has 9 heteroatoms. The molecule has 0 saturated carbocycles. The van der Waals surface area contributed by atoms with E-state index in [9.17, 15) is 4.79 Å². The lowest BCUT2D eigenvalue weighted by atomic mass is 10.2. The van der Waals surface area contributed by atoms with Crippen molar-refractivity contribution in [3.8, 4) is 11.8 Å². The van der Waals surface area contributed by atoms with E-state index in [-0.39, 0.29) is 0 Å². The van der Waals surface area contributed by atoms with Gasteiger partial charge in [0.15, 0.2) is 5.82 Å². The second-order valence-electron chi connectivity index (χ2n) is 7.50. The van der Waals surface area contributed by atoms with Crippen LogP contribution in [0.4, 0.5) is 22.2 Å². The molecule has 4 rings (SSSR count). The van der Waals surface area contributed by atoms with Crippen LogP contribution in [0.15, 0.2) is 47.2 Å². The van der Waals surface area contributed by atoms with Crippen molar-refractivity contribution in [2.45, 2.75) is 19.8 Å². The Bertz CT molecular complexity index is 1090. The van der Waals surface area contributed by atoms with Gasteiger partial charge in [-0.2, -0.15) is 0 Å². The van der Waals surface area contributed by atoms with Crippen LogP contribution < -0.4 is 16.0 Å². The van der Waals surface area contributed by atoms with Crippen LogP contribution in [0.3, 0.4) is 0 Å². The molecule has 0 spiro atoms. The molecule has 9 nitrogen and oxygen atoms in total. The summed E-state index contributed by atoms with van der Waals surface area (Å²) in [4.78, 5) is 23.1. The molecular weight excluding hydrogens is 406 g/mol. The van der Waals surface area contributed by atoms with E-state index in [0.29, 0.717) is 23.2 Å². The largest absolute Gasteiger partial charge is 0.360 e. The zero-order valence-electron chi connectivity index (χ0n) is 17.9. The number of likely N-dealkylation sites (tertiary alicyclic amines) is 1. The summed E-state index contributed by atoms with van der Waals surface area (Å²) in [5, 5.41) is 12.3. The Morgan fingerprint density at radius 2 is 1.78 bits per heavy atom. The Balaban J connectivity index is 1.25. The molecule has 1 aliphatic rings. The Labute approximate surface area is 186 Å². The number of nitrogens with zero attached hydrogens (tertiary/aromatic N) is 4. The molecular formula is C23H25N7O2. The molecule has 32 heavy (non-hydrogen) atoms. The van der Waals surface area contributed by atoms with Crippen LogP contribution in [-0.4, -0.2) is 52.2 Å². The van der Waals surface area contributed by atoms with Crippen LogP contribution >= 0.6 is 0 Å². The molecule has 0 aliphatic carbocycles. The Kier molecular flexibility index (Phi) is 6.94. The molecule has 3 aromatic rings. The predicted octanol–water partition coefficient (Wildman–Crippen LogP) is 3.32. The van der Waals surface area contributed by atoms with Gasteiger partial charge in [-0.1, -0.05) is 17.0 Å². The first kappa shape index (κ1) is 21.3. The van der Waals surface area contributed by atoms with Crippen molar-refractivity contribution in [2.24, 2.45) is 0 Å². The molecule has 1 saturated heterocycles. The molecule has 2 amide bonds. The van der Waals surface area contributed by atoms with Gasteiger partial charge in [0.1, 0.15) is 5.76 Å². The zero-order chi connectivity index (χ0) is 22.2. The highest BCUT2D eigenvalue weighted by Gasteiger charge is 2.10. The highest BCUT2D eigenvalue weighted by molar-refractivity contribution is 5.99. The lowest BCUT2D eigenvalue weighted by molar-refractivity contribution is 0.262. The molecule has 3 heterocycles. The topological polar surface area (TPSA) is 108 Å². The summed E-state index contributed by atoms with van der Waals surface area (Å²) in [6.07, 6.45) is 6.01. The fraction of sp³-hybridized carbons (Fsp3) is 0.304. The Morgan fingerprint density at radius 1 is 1.06 bits per heavy atom. The smallest absolute Gasteiger partial charge is 0.324 e. The van der Waals surface area contributed by atoms with Crippen molar-refractivity contribution in [1.82, 2.24) is 20.0 Å². The summed E-state index contributed by atoms with van der Waals surface area (Å²) in [7, 11) is 0. The number of carbonyl (C=O) groups is 1. The van der Waals surface area contributed by atoms with Crippen molar-refractivity contribution in [3.63, 3.8) is 0 Å². The van der Waals surface area contributed by atoms with Crippen LogP contribution in [0.5, 0.6) is 0 Å². The fourth-order valence-corrected chi connectivity index (χ4v) is 3.30. The summed E-state index contributed by atoms with van der Waals surface area (Å²) in [6.45, 7) is 5.97. The van der Waals surface area contributed by atoms with Crippen molar-refractivity contribution >= 4 is 23.5 Å². The monoisotopic (exact) mass is 431 g/mol. The number of amides is 2. The van der Waals surface area contributed by atoms with Crippen molar-refractivity contribution in [2.75, 3.05) is 42.1 Å². The number of hydrogen-bond acceptors (Lipinski definition) is 7. The van der Waals surface area contributed by atoms with E-state index in [2.05, 4.69) is 47.8 Å². The number of anilines is 3. The van der Waals surface area contributed by atoms with Gasteiger partial charge < -0.3 is 20.1 Å². The first-order chi connectivity index (χ1) is 15.6. The van der Waals surface area contributed by atoms with E-state index in [4.69, 9.17) is 4.52 Å². The number of rotatable bonds is 6. The minimum atomic E-state index is -0.400. The summed E-state index contributed by atoms with van der Waals surface area (Å²) in [5.41, 5.74) is 2.19. The molecule has 0 atom stereocenters. The van der Waals surface area contributed by atoms with Crippen molar-refractivity contribution in [3.05, 3.63) is 59.6 Å². The average molecular weight is 432 g/mol. The third-order valence-electron chi connectivity index (χ3n) is 4.93. The normalized spacial score (nSPS) is 13.3. The molecule has 1 aromatic carbocycles. The minimum absolute atomic E-state index is 0.359. The van der Waals surface area contributed by atoms with Gasteiger partial charge in [0.2, 0.25) is 5.95 Å². The third-order valence-corrected chi connectivity index (χ3v) is 4.93. The summed E-state index contributed by atoms with van der Waals surface area (Å²) in [5.74, 6) is 7.73. The molecule has 3 N–H and O–H groups in total. The summed E-state index contributed by atoms with van der Waals surface area (Å²) < 4.78 is 4.92. The summed E-state index contributed by atoms with van der Waals surface area (Å²) >= 11 is 0. The van der Waals surface area contributed by atoms with Gasteiger partial charge in [-0.15, -0.1) is 0 Å². The zero-order valence-corrected chi connectivity index (χ0v) is 17.9. The van der Waals surface area contributed by atoms with Gasteiger partial charge in [-0.3, -0.25) is 5.32 Å². The molecule has 2 aromatic heterocycles. The lowest BCUT2D eigenvalue weighted by Crippen LogP contribution is -2.26.